The van der Waals surface area contributed by atoms with Crippen LogP contribution in [-0.4, -0.2) is 40.6 Å². The van der Waals surface area contributed by atoms with Gasteiger partial charge < -0.3 is 9.73 Å². The third kappa shape index (κ3) is 7.40. The van der Waals surface area contributed by atoms with Gasteiger partial charge in [0, 0.05) is 18.8 Å². The number of rotatable bonds is 3. The van der Waals surface area contributed by atoms with E-state index in [-0.39, 0.29) is 12.1 Å². The van der Waals surface area contributed by atoms with Gasteiger partial charge in [0.15, 0.2) is 5.16 Å². The first-order valence-electron chi connectivity index (χ1n) is 6.85. The molecule has 1 aromatic rings. The van der Waals surface area contributed by atoms with Gasteiger partial charge in [-0.05, 0) is 47.1 Å². The fraction of sp³-hybridized carbons (Fsp3) is 0.600. The third-order valence-corrected chi connectivity index (χ3v) is 3.02. The highest BCUT2D eigenvalue weighted by Crippen LogP contribution is 2.11. The SMILES string of the molecule is CC=NC.CSc1ncc(C)c(=O)n1CC(=O)OC(C)(C)C. The molecule has 1 heterocycles. The molecule has 0 spiro atoms. The summed E-state index contributed by atoms with van der Waals surface area (Å²) >= 11 is 1.32. The van der Waals surface area contributed by atoms with Crippen molar-refractivity contribution in [1.29, 1.82) is 0 Å². The highest BCUT2D eigenvalue weighted by atomic mass is 32.2. The molecule has 0 aliphatic carbocycles. The highest BCUT2D eigenvalue weighted by molar-refractivity contribution is 7.98. The van der Waals surface area contributed by atoms with Crippen LogP contribution in [0, 0.1) is 6.92 Å². The summed E-state index contributed by atoms with van der Waals surface area (Å²) in [5.74, 6) is -0.438. The molecule has 0 atom stereocenters. The predicted molar refractivity (Wildman–Crippen MR) is 91.0 cm³/mol. The molecule has 0 bridgehead atoms. The number of aromatic nitrogens is 2. The molecule has 22 heavy (non-hydrogen) atoms. The molecule has 124 valence electrons. The van der Waals surface area contributed by atoms with E-state index in [1.54, 1.807) is 41.0 Å². The summed E-state index contributed by atoms with van der Waals surface area (Å²) in [6.45, 7) is 8.82. The van der Waals surface area contributed by atoms with Crippen molar-refractivity contribution >= 4 is 23.9 Å². The Morgan fingerprint density at radius 3 is 2.45 bits per heavy atom. The lowest BCUT2D eigenvalue weighted by molar-refractivity contribution is -0.155. The van der Waals surface area contributed by atoms with Crippen LogP contribution in [-0.2, 0) is 16.1 Å². The first-order valence-corrected chi connectivity index (χ1v) is 8.07. The second-order valence-electron chi connectivity index (χ2n) is 5.42. The first-order chi connectivity index (χ1) is 10.2. The molecule has 0 aliphatic rings. The van der Waals surface area contributed by atoms with Crippen molar-refractivity contribution in [3.05, 3.63) is 22.1 Å². The van der Waals surface area contributed by atoms with E-state index < -0.39 is 11.6 Å². The predicted octanol–water partition coefficient (Wildman–Crippen LogP) is 2.32. The van der Waals surface area contributed by atoms with Gasteiger partial charge in [0.05, 0.1) is 0 Å². The van der Waals surface area contributed by atoms with Crippen molar-refractivity contribution in [2.24, 2.45) is 4.99 Å². The number of aliphatic imine (C=N–C) groups is 1. The van der Waals surface area contributed by atoms with Gasteiger partial charge in [-0.2, -0.15) is 0 Å². The standard InChI is InChI=1S/C12H18N2O3S.C3H7N/c1-8-6-13-11(18-5)14(10(8)16)7-9(15)17-12(2,3)4;1-3-4-2/h6H,7H2,1-5H3;3H,1-2H3. The van der Waals surface area contributed by atoms with Crippen LogP contribution in [0.15, 0.2) is 21.1 Å². The zero-order valence-corrected chi connectivity index (χ0v) is 15.2. The van der Waals surface area contributed by atoms with Gasteiger partial charge in [-0.3, -0.25) is 14.2 Å². The average Bonchev–Trinajstić information content (AvgIpc) is 2.42. The minimum atomic E-state index is -0.558. The van der Waals surface area contributed by atoms with E-state index in [2.05, 4.69) is 9.98 Å². The Hall–Kier alpha value is -1.63. The summed E-state index contributed by atoms with van der Waals surface area (Å²) in [5, 5.41) is 0.511. The molecule has 0 radical (unpaired) electrons. The lowest BCUT2D eigenvalue weighted by atomic mass is 10.2. The molecule has 7 heteroatoms. The number of nitrogens with zero attached hydrogens (tertiary/aromatic N) is 3. The van der Waals surface area contributed by atoms with E-state index in [0.29, 0.717) is 10.7 Å². The lowest BCUT2D eigenvalue weighted by Gasteiger charge is -2.20. The Kier molecular flexibility index (Phi) is 8.70. The van der Waals surface area contributed by atoms with Crippen molar-refractivity contribution in [2.75, 3.05) is 13.3 Å². The van der Waals surface area contributed by atoms with E-state index in [1.807, 2.05) is 13.2 Å². The van der Waals surface area contributed by atoms with E-state index in [4.69, 9.17) is 4.74 Å². The molecule has 6 nitrogen and oxygen atoms in total. The molecular weight excluding hydrogens is 302 g/mol. The topological polar surface area (TPSA) is 73.5 Å². The van der Waals surface area contributed by atoms with Gasteiger partial charge in [0.1, 0.15) is 12.1 Å². The number of hydrogen-bond donors (Lipinski definition) is 0. The van der Waals surface area contributed by atoms with Crippen molar-refractivity contribution < 1.29 is 9.53 Å². The second-order valence-corrected chi connectivity index (χ2v) is 6.20. The summed E-state index contributed by atoms with van der Waals surface area (Å²) in [6, 6.07) is 0. The fourth-order valence-corrected chi connectivity index (χ4v) is 1.91. The van der Waals surface area contributed by atoms with E-state index in [9.17, 15) is 9.59 Å². The second kappa shape index (κ2) is 9.40. The Morgan fingerprint density at radius 1 is 1.50 bits per heavy atom. The zero-order valence-electron chi connectivity index (χ0n) is 14.3. The van der Waals surface area contributed by atoms with E-state index in [0.717, 1.165) is 0 Å². The molecule has 0 saturated carbocycles. The van der Waals surface area contributed by atoms with Crippen molar-refractivity contribution in [3.8, 4) is 0 Å². The Bertz CT molecular complexity index is 570. The number of ether oxygens (including phenoxy) is 1. The van der Waals surface area contributed by atoms with Crippen LogP contribution in [0.25, 0.3) is 0 Å². The average molecular weight is 327 g/mol. The van der Waals surface area contributed by atoms with Crippen molar-refractivity contribution in [3.63, 3.8) is 0 Å². The van der Waals surface area contributed by atoms with Crippen LogP contribution in [0.2, 0.25) is 0 Å². The Morgan fingerprint density at radius 2 is 2.05 bits per heavy atom. The Labute approximate surface area is 136 Å². The van der Waals surface area contributed by atoms with Crippen LogP contribution in [0.1, 0.15) is 33.3 Å². The van der Waals surface area contributed by atoms with Crippen molar-refractivity contribution in [2.45, 2.75) is 51.9 Å². The number of carbonyl (C=O) groups excluding carboxylic acids is 1. The first kappa shape index (κ1) is 20.4. The maximum atomic E-state index is 12.0. The normalized spacial score (nSPS) is 11.0. The summed E-state index contributed by atoms with van der Waals surface area (Å²) in [7, 11) is 1.75. The number of hydrogen-bond acceptors (Lipinski definition) is 6. The van der Waals surface area contributed by atoms with Crippen LogP contribution in [0.5, 0.6) is 0 Å². The monoisotopic (exact) mass is 327 g/mol. The van der Waals surface area contributed by atoms with Crippen LogP contribution in [0.4, 0.5) is 0 Å². The number of thioether (sulfide) groups is 1. The van der Waals surface area contributed by atoms with Gasteiger partial charge in [0.2, 0.25) is 0 Å². The molecule has 0 aliphatic heterocycles. The van der Waals surface area contributed by atoms with E-state index >= 15 is 0 Å². The number of aryl methyl sites for hydroxylation is 1. The van der Waals surface area contributed by atoms with Crippen LogP contribution < -0.4 is 5.56 Å². The van der Waals surface area contributed by atoms with Gasteiger partial charge in [-0.15, -0.1) is 0 Å². The molecule has 0 N–H and O–H groups in total. The Balaban J connectivity index is 0.000000980. The molecule has 0 amide bonds. The maximum absolute atomic E-state index is 12.0. The minimum Gasteiger partial charge on any atom is -0.459 e. The summed E-state index contributed by atoms with van der Waals surface area (Å²) in [5.41, 5.74) is -0.256. The van der Waals surface area contributed by atoms with Gasteiger partial charge in [0.25, 0.3) is 5.56 Å². The summed E-state index contributed by atoms with van der Waals surface area (Å²) < 4.78 is 6.54. The molecule has 1 aromatic heterocycles. The largest absolute Gasteiger partial charge is 0.459 e. The van der Waals surface area contributed by atoms with Crippen LogP contribution in [0.3, 0.4) is 0 Å². The highest BCUT2D eigenvalue weighted by Gasteiger charge is 2.18. The minimum absolute atomic E-state index is 0.110. The third-order valence-electron chi connectivity index (χ3n) is 2.33. The lowest BCUT2D eigenvalue weighted by Crippen LogP contribution is -2.32. The maximum Gasteiger partial charge on any atom is 0.326 e. The molecule has 0 unspecified atom stereocenters. The van der Waals surface area contributed by atoms with Crippen molar-refractivity contribution in [1.82, 2.24) is 9.55 Å². The van der Waals surface area contributed by atoms with Crippen LogP contribution >= 0.6 is 11.8 Å². The molecule has 1 rings (SSSR count). The molecule has 0 saturated heterocycles. The molecule has 0 aromatic carbocycles. The van der Waals surface area contributed by atoms with E-state index in [1.165, 1.54) is 22.5 Å². The quantitative estimate of drug-likeness (QED) is 0.369. The van der Waals surface area contributed by atoms with Gasteiger partial charge in [-0.25, -0.2) is 4.98 Å². The molecule has 0 fully saturated rings. The number of carbonyl (C=O) groups is 1. The van der Waals surface area contributed by atoms with Gasteiger partial charge in [-0.1, -0.05) is 11.8 Å². The van der Waals surface area contributed by atoms with Gasteiger partial charge >= 0.3 is 5.97 Å². The summed E-state index contributed by atoms with van der Waals surface area (Å²) in [4.78, 5) is 31.4. The smallest absolute Gasteiger partial charge is 0.326 e. The number of esters is 1. The molecular formula is C15H25N3O3S. The fourth-order valence-electron chi connectivity index (χ4n) is 1.38. The zero-order chi connectivity index (χ0) is 17.3. The summed E-state index contributed by atoms with van der Waals surface area (Å²) in [6.07, 6.45) is 5.07.